The fourth-order valence-corrected chi connectivity index (χ4v) is 3.23. The predicted molar refractivity (Wildman–Crippen MR) is 70.6 cm³/mol. The molecule has 0 aliphatic rings. The van der Waals surface area contributed by atoms with E-state index in [0.717, 1.165) is 27.6 Å². The second-order valence-corrected chi connectivity index (χ2v) is 5.04. The minimum atomic E-state index is -0.963. The number of hydrogen-bond acceptors (Lipinski definition) is 3. The van der Waals surface area contributed by atoms with Crippen LogP contribution in [-0.2, 0) is 0 Å². The lowest BCUT2D eigenvalue weighted by Gasteiger charge is -1.99. The van der Waals surface area contributed by atoms with Gasteiger partial charge in [-0.1, -0.05) is 18.2 Å². The predicted octanol–water partition coefficient (Wildman–Crippen LogP) is 3.21. The Hall–Kier alpha value is -2.14. The first-order valence-corrected chi connectivity index (χ1v) is 6.18. The van der Waals surface area contributed by atoms with Crippen LogP contribution in [0.2, 0.25) is 0 Å². The van der Waals surface area contributed by atoms with E-state index < -0.39 is 5.97 Å². The first kappa shape index (κ1) is 11.0. The average Bonchev–Trinajstić information content (AvgIpc) is 2.84. The van der Waals surface area contributed by atoms with E-state index in [-0.39, 0.29) is 10.8 Å². The summed E-state index contributed by atoms with van der Waals surface area (Å²) in [7, 11) is 0. The summed E-state index contributed by atoms with van der Waals surface area (Å²) in [6, 6.07) is 9.14. The van der Waals surface area contributed by atoms with Crippen molar-refractivity contribution in [3.8, 4) is 0 Å². The van der Waals surface area contributed by atoms with Crippen molar-refractivity contribution in [2.75, 3.05) is 0 Å². The SMILES string of the molecule is CC(=O)n1c2ccccc2c2cc(C(=O)O)sc21. The molecule has 0 saturated carbocycles. The average molecular weight is 259 g/mol. The Morgan fingerprint density at radius 1 is 1.22 bits per heavy atom. The topological polar surface area (TPSA) is 59.3 Å². The molecule has 0 spiro atoms. The molecule has 3 aromatic rings. The number of aromatic nitrogens is 1. The van der Waals surface area contributed by atoms with E-state index >= 15 is 0 Å². The second-order valence-electron chi connectivity index (χ2n) is 4.01. The molecule has 0 aliphatic heterocycles. The molecule has 1 aromatic carbocycles. The summed E-state index contributed by atoms with van der Waals surface area (Å²) in [5.74, 6) is -1.07. The maximum atomic E-state index is 11.7. The maximum absolute atomic E-state index is 11.7. The first-order chi connectivity index (χ1) is 8.59. The van der Waals surface area contributed by atoms with Crippen molar-refractivity contribution < 1.29 is 14.7 Å². The van der Waals surface area contributed by atoms with Gasteiger partial charge in [-0.2, -0.15) is 0 Å². The van der Waals surface area contributed by atoms with Crippen LogP contribution in [-0.4, -0.2) is 21.6 Å². The Labute approximate surface area is 106 Å². The fraction of sp³-hybridized carbons (Fsp3) is 0.0769. The normalized spacial score (nSPS) is 11.2. The van der Waals surface area contributed by atoms with Crippen LogP contribution < -0.4 is 0 Å². The Morgan fingerprint density at radius 3 is 2.61 bits per heavy atom. The highest BCUT2D eigenvalue weighted by atomic mass is 32.1. The summed E-state index contributed by atoms with van der Waals surface area (Å²) < 4.78 is 1.57. The summed E-state index contributed by atoms with van der Waals surface area (Å²) >= 11 is 1.13. The highest BCUT2D eigenvalue weighted by Gasteiger charge is 2.18. The molecule has 0 amide bonds. The molecule has 2 heterocycles. The van der Waals surface area contributed by atoms with Gasteiger partial charge in [-0.3, -0.25) is 9.36 Å². The van der Waals surface area contributed by atoms with Crippen LogP contribution in [0.3, 0.4) is 0 Å². The van der Waals surface area contributed by atoms with E-state index in [2.05, 4.69) is 0 Å². The minimum absolute atomic E-state index is 0.111. The molecule has 0 bridgehead atoms. The Balaban J connectivity index is 2.51. The summed E-state index contributed by atoms with van der Waals surface area (Å²) in [5.41, 5.74) is 0.822. The van der Waals surface area contributed by atoms with Crippen molar-refractivity contribution in [2.45, 2.75) is 6.92 Å². The van der Waals surface area contributed by atoms with Gasteiger partial charge in [0.25, 0.3) is 0 Å². The van der Waals surface area contributed by atoms with Gasteiger partial charge in [0.15, 0.2) is 0 Å². The number of aromatic carboxylic acids is 1. The van der Waals surface area contributed by atoms with E-state index in [0.29, 0.717) is 4.83 Å². The molecular weight excluding hydrogens is 250 g/mol. The fourth-order valence-electron chi connectivity index (χ4n) is 2.16. The van der Waals surface area contributed by atoms with E-state index in [4.69, 9.17) is 5.11 Å². The number of rotatable bonds is 1. The van der Waals surface area contributed by atoms with Gasteiger partial charge in [-0.25, -0.2) is 4.79 Å². The third kappa shape index (κ3) is 1.37. The van der Waals surface area contributed by atoms with Crippen LogP contribution in [0.1, 0.15) is 21.4 Å². The van der Waals surface area contributed by atoms with Gasteiger partial charge in [0.1, 0.15) is 9.71 Å². The van der Waals surface area contributed by atoms with Gasteiger partial charge in [0, 0.05) is 17.7 Å². The summed E-state index contributed by atoms with van der Waals surface area (Å²) in [5, 5.41) is 10.8. The van der Waals surface area contributed by atoms with Gasteiger partial charge >= 0.3 is 5.97 Å². The zero-order chi connectivity index (χ0) is 12.9. The number of carboxylic acids is 1. The molecule has 3 rings (SSSR count). The smallest absolute Gasteiger partial charge is 0.345 e. The standard InChI is InChI=1S/C13H9NO3S/c1-7(15)14-10-5-3-2-4-8(10)9-6-11(13(16)17)18-12(9)14/h2-6H,1H3,(H,16,17). The van der Waals surface area contributed by atoms with Gasteiger partial charge in [0.2, 0.25) is 5.91 Å². The largest absolute Gasteiger partial charge is 0.477 e. The van der Waals surface area contributed by atoms with Crippen molar-refractivity contribution in [1.29, 1.82) is 0 Å². The van der Waals surface area contributed by atoms with Crippen molar-refractivity contribution in [3.05, 3.63) is 35.2 Å². The highest BCUT2D eigenvalue weighted by Crippen LogP contribution is 2.34. The van der Waals surface area contributed by atoms with E-state index in [9.17, 15) is 9.59 Å². The molecule has 4 nitrogen and oxygen atoms in total. The molecule has 0 radical (unpaired) electrons. The third-order valence-electron chi connectivity index (χ3n) is 2.88. The van der Waals surface area contributed by atoms with Crippen molar-refractivity contribution in [3.63, 3.8) is 0 Å². The molecule has 90 valence electrons. The highest BCUT2D eigenvalue weighted by molar-refractivity contribution is 7.20. The lowest BCUT2D eigenvalue weighted by atomic mass is 10.2. The first-order valence-electron chi connectivity index (χ1n) is 5.37. The van der Waals surface area contributed by atoms with E-state index in [1.165, 1.54) is 6.92 Å². The molecule has 2 aromatic heterocycles. The zero-order valence-electron chi connectivity index (χ0n) is 9.51. The number of carbonyl (C=O) groups is 2. The molecule has 0 aliphatic carbocycles. The Bertz CT molecular complexity index is 797. The minimum Gasteiger partial charge on any atom is -0.477 e. The number of benzene rings is 1. The van der Waals surface area contributed by atoms with Crippen LogP contribution >= 0.6 is 11.3 Å². The molecule has 1 N–H and O–H groups in total. The van der Waals surface area contributed by atoms with Crippen molar-refractivity contribution in [1.82, 2.24) is 4.57 Å². The lowest BCUT2D eigenvalue weighted by Crippen LogP contribution is -2.03. The van der Waals surface area contributed by atoms with Crippen LogP contribution in [0.15, 0.2) is 30.3 Å². The number of para-hydroxylation sites is 1. The van der Waals surface area contributed by atoms with Crippen LogP contribution in [0.4, 0.5) is 0 Å². The van der Waals surface area contributed by atoms with Gasteiger partial charge in [0.05, 0.1) is 5.52 Å². The van der Waals surface area contributed by atoms with Crippen LogP contribution in [0, 0.1) is 0 Å². The summed E-state index contributed by atoms with van der Waals surface area (Å²) in [6.07, 6.45) is 0. The van der Waals surface area contributed by atoms with Crippen molar-refractivity contribution in [2.24, 2.45) is 0 Å². The quantitative estimate of drug-likeness (QED) is 0.730. The molecule has 18 heavy (non-hydrogen) atoms. The maximum Gasteiger partial charge on any atom is 0.345 e. The number of nitrogens with zero attached hydrogens (tertiary/aromatic N) is 1. The number of carboxylic acid groups (broad SMARTS) is 1. The molecular formula is C13H9NO3S. The Morgan fingerprint density at radius 2 is 1.94 bits per heavy atom. The molecule has 0 unspecified atom stereocenters. The monoisotopic (exact) mass is 259 g/mol. The molecule has 5 heteroatoms. The van der Waals surface area contributed by atoms with E-state index in [1.807, 2.05) is 24.3 Å². The molecule has 0 saturated heterocycles. The number of fused-ring (bicyclic) bond motifs is 3. The van der Waals surface area contributed by atoms with E-state index in [1.54, 1.807) is 10.6 Å². The van der Waals surface area contributed by atoms with Crippen molar-refractivity contribution >= 4 is 44.3 Å². The Kier molecular flexibility index (Phi) is 2.24. The number of thiophene rings is 1. The van der Waals surface area contributed by atoms with Crippen LogP contribution in [0.25, 0.3) is 21.1 Å². The molecule has 0 atom stereocenters. The number of hydrogen-bond donors (Lipinski definition) is 1. The van der Waals surface area contributed by atoms with Gasteiger partial charge < -0.3 is 5.11 Å². The van der Waals surface area contributed by atoms with Gasteiger partial charge in [-0.05, 0) is 12.1 Å². The molecule has 0 fully saturated rings. The van der Waals surface area contributed by atoms with Gasteiger partial charge in [-0.15, -0.1) is 11.3 Å². The zero-order valence-corrected chi connectivity index (χ0v) is 10.3. The van der Waals surface area contributed by atoms with Crippen LogP contribution in [0.5, 0.6) is 0 Å². The lowest BCUT2D eigenvalue weighted by molar-refractivity contribution is 0.0702. The number of carbonyl (C=O) groups excluding carboxylic acids is 1. The summed E-state index contributed by atoms with van der Waals surface area (Å²) in [6.45, 7) is 1.48. The third-order valence-corrected chi connectivity index (χ3v) is 3.98. The second kappa shape index (κ2) is 3.68. The summed E-state index contributed by atoms with van der Waals surface area (Å²) in [4.78, 5) is 23.7.